The van der Waals surface area contributed by atoms with E-state index in [1.54, 1.807) is 24.3 Å². The third-order valence-corrected chi connectivity index (χ3v) is 3.14. The molecule has 0 radical (unpaired) electrons. The molecule has 0 unspecified atom stereocenters. The number of carbonyl (C=O) groups is 1. The summed E-state index contributed by atoms with van der Waals surface area (Å²) >= 11 is 0. The smallest absolute Gasteiger partial charge is 0.465 e. The van der Waals surface area contributed by atoms with E-state index in [0.29, 0.717) is 16.7 Å². The maximum atomic E-state index is 12.1. The maximum Gasteiger partial charge on any atom is 0.573 e. The van der Waals surface area contributed by atoms with Crippen LogP contribution in [-0.4, -0.2) is 19.4 Å². The molecule has 2 aromatic rings. The number of methoxy groups -OCH3 is 1. The van der Waals surface area contributed by atoms with Crippen molar-refractivity contribution >= 4 is 18.4 Å². The van der Waals surface area contributed by atoms with E-state index < -0.39 is 18.4 Å². The molecule has 0 aliphatic carbocycles. The van der Waals surface area contributed by atoms with E-state index in [1.165, 1.54) is 31.4 Å². The minimum Gasteiger partial charge on any atom is -0.465 e. The predicted octanol–water partition coefficient (Wildman–Crippen LogP) is 3.84. The second kappa shape index (κ2) is 8.03. The Bertz CT molecular complexity index is 690. The van der Waals surface area contributed by atoms with E-state index >= 15 is 0 Å². The predicted molar refractivity (Wildman–Crippen MR) is 84.2 cm³/mol. The molecule has 0 saturated heterocycles. The van der Waals surface area contributed by atoms with E-state index in [4.69, 9.17) is 5.73 Å². The summed E-state index contributed by atoms with van der Waals surface area (Å²) in [5.41, 5.74) is 7.66. The highest BCUT2D eigenvalue weighted by molar-refractivity contribution is 5.89. The molecule has 1 atom stereocenters. The van der Waals surface area contributed by atoms with Crippen LogP contribution in [0.3, 0.4) is 0 Å². The Labute approximate surface area is 142 Å². The monoisotopic (exact) mass is 361 g/mol. The second-order valence-corrected chi connectivity index (χ2v) is 4.71. The quantitative estimate of drug-likeness (QED) is 0.840. The van der Waals surface area contributed by atoms with Gasteiger partial charge in [0, 0.05) is 0 Å². The van der Waals surface area contributed by atoms with Crippen molar-refractivity contribution in [1.82, 2.24) is 0 Å². The third-order valence-electron chi connectivity index (χ3n) is 3.14. The first-order valence-corrected chi connectivity index (χ1v) is 6.60. The molecule has 0 aliphatic heterocycles. The molecule has 8 heteroatoms. The normalized spacial score (nSPS) is 12.0. The SMILES string of the molecule is COC(=O)c1cccc([C@@H](N)c2ccc(OC(F)(F)F)cc2)c1.Cl. The zero-order chi connectivity index (χ0) is 17.0. The van der Waals surface area contributed by atoms with Crippen LogP contribution >= 0.6 is 12.4 Å². The lowest BCUT2D eigenvalue weighted by molar-refractivity contribution is -0.274. The molecule has 0 heterocycles. The summed E-state index contributed by atoms with van der Waals surface area (Å²) < 4.78 is 44.8. The molecule has 0 spiro atoms. The fourth-order valence-corrected chi connectivity index (χ4v) is 2.05. The summed E-state index contributed by atoms with van der Waals surface area (Å²) in [6.45, 7) is 0. The highest BCUT2D eigenvalue weighted by atomic mass is 35.5. The third kappa shape index (κ3) is 5.14. The Morgan fingerprint density at radius 1 is 1.08 bits per heavy atom. The number of nitrogens with two attached hydrogens (primary N) is 1. The van der Waals surface area contributed by atoms with Crippen molar-refractivity contribution in [3.63, 3.8) is 0 Å². The van der Waals surface area contributed by atoms with Gasteiger partial charge < -0.3 is 15.2 Å². The van der Waals surface area contributed by atoms with Gasteiger partial charge in [-0.15, -0.1) is 25.6 Å². The topological polar surface area (TPSA) is 61.5 Å². The number of hydrogen-bond acceptors (Lipinski definition) is 4. The standard InChI is InChI=1S/C16H14F3NO3.ClH/c1-22-15(21)12-4-2-3-11(9-12)14(20)10-5-7-13(8-6-10)23-16(17,18)19;/h2-9,14H,20H2,1H3;1H/t14-;/m0./s1. The van der Waals surface area contributed by atoms with Gasteiger partial charge in [0.1, 0.15) is 5.75 Å². The van der Waals surface area contributed by atoms with Crippen molar-refractivity contribution in [2.75, 3.05) is 7.11 Å². The molecule has 24 heavy (non-hydrogen) atoms. The van der Waals surface area contributed by atoms with E-state index in [0.717, 1.165) is 0 Å². The van der Waals surface area contributed by atoms with Gasteiger partial charge in [0.2, 0.25) is 0 Å². The van der Waals surface area contributed by atoms with Crippen LogP contribution in [0, 0.1) is 0 Å². The van der Waals surface area contributed by atoms with E-state index in [2.05, 4.69) is 9.47 Å². The summed E-state index contributed by atoms with van der Waals surface area (Å²) in [5, 5.41) is 0. The first kappa shape index (κ1) is 19.8. The van der Waals surface area contributed by atoms with Crippen LogP contribution < -0.4 is 10.5 Å². The number of alkyl halides is 3. The van der Waals surface area contributed by atoms with Crippen LogP contribution in [0.25, 0.3) is 0 Å². The molecular weight excluding hydrogens is 347 g/mol. The van der Waals surface area contributed by atoms with Crippen molar-refractivity contribution in [2.24, 2.45) is 5.73 Å². The van der Waals surface area contributed by atoms with Crippen LogP contribution in [0.5, 0.6) is 5.75 Å². The molecule has 0 saturated carbocycles. The number of rotatable bonds is 4. The summed E-state index contributed by atoms with van der Waals surface area (Å²) in [7, 11) is 1.27. The number of hydrogen-bond donors (Lipinski definition) is 1. The van der Waals surface area contributed by atoms with Crippen molar-refractivity contribution in [1.29, 1.82) is 0 Å². The van der Waals surface area contributed by atoms with E-state index in [-0.39, 0.29) is 18.2 Å². The lowest BCUT2D eigenvalue weighted by Crippen LogP contribution is -2.17. The van der Waals surface area contributed by atoms with Gasteiger partial charge in [0.05, 0.1) is 18.7 Å². The van der Waals surface area contributed by atoms with Crippen molar-refractivity contribution in [3.05, 3.63) is 65.2 Å². The highest BCUT2D eigenvalue weighted by Crippen LogP contribution is 2.26. The highest BCUT2D eigenvalue weighted by Gasteiger charge is 2.31. The zero-order valence-electron chi connectivity index (χ0n) is 12.5. The van der Waals surface area contributed by atoms with Crippen LogP contribution in [0.4, 0.5) is 13.2 Å². The van der Waals surface area contributed by atoms with Gasteiger partial charge in [-0.05, 0) is 35.4 Å². The molecule has 2 N–H and O–H groups in total. The number of benzene rings is 2. The van der Waals surface area contributed by atoms with Gasteiger partial charge in [0.25, 0.3) is 0 Å². The van der Waals surface area contributed by atoms with E-state index in [9.17, 15) is 18.0 Å². The number of halogens is 4. The summed E-state index contributed by atoms with van der Waals surface area (Å²) in [6, 6.07) is 11.2. The Balaban J connectivity index is 0.00000288. The molecule has 0 bridgehead atoms. The average molecular weight is 362 g/mol. The summed E-state index contributed by atoms with van der Waals surface area (Å²) in [5.74, 6) is -0.815. The van der Waals surface area contributed by atoms with Crippen molar-refractivity contribution in [2.45, 2.75) is 12.4 Å². The largest absolute Gasteiger partial charge is 0.573 e. The zero-order valence-corrected chi connectivity index (χ0v) is 13.4. The van der Waals surface area contributed by atoms with Crippen LogP contribution in [0.2, 0.25) is 0 Å². The average Bonchev–Trinajstić information content (AvgIpc) is 2.53. The maximum absolute atomic E-state index is 12.1. The Morgan fingerprint density at radius 3 is 2.25 bits per heavy atom. The van der Waals surface area contributed by atoms with Gasteiger partial charge in [-0.2, -0.15) is 0 Å². The number of carbonyl (C=O) groups excluding carboxylic acids is 1. The van der Waals surface area contributed by atoms with Crippen LogP contribution in [-0.2, 0) is 4.74 Å². The molecule has 2 rings (SSSR count). The Hall–Kier alpha value is -2.25. The minimum absolute atomic E-state index is 0. The fourth-order valence-electron chi connectivity index (χ4n) is 2.05. The minimum atomic E-state index is -4.74. The summed E-state index contributed by atoms with van der Waals surface area (Å²) in [4.78, 5) is 11.5. The molecule has 2 aromatic carbocycles. The van der Waals surface area contributed by atoms with E-state index in [1.807, 2.05) is 0 Å². The first-order chi connectivity index (χ1) is 10.8. The Kier molecular flexibility index (Phi) is 6.62. The first-order valence-electron chi connectivity index (χ1n) is 6.60. The number of esters is 1. The molecule has 0 aliphatic rings. The summed E-state index contributed by atoms with van der Waals surface area (Å²) in [6.07, 6.45) is -4.74. The number of ether oxygens (including phenoxy) is 2. The van der Waals surface area contributed by atoms with Crippen molar-refractivity contribution in [3.8, 4) is 5.75 Å². The van der Waals surface area contributed by atoms with Gasteiger partial charge in [0.15, 0.2) is 0 Å². The van der Waals surface area contributed by atoms with Gasteiger partial charge in [-0.3, -0.25) is 0 Å². The van der Waals surface area contributed by atoms with Crippen LogP contribution in [0.15, 0.2) is 48.5 Å². The van der Waals surface area contributed by atoms with Crippen LogP contribution in [0.1, 0.15) is 27.5 Å². The molecule has 130 valence electrons. The van der Waals surface area contributed by atoms with Gasteiger partial charge in [-0.1, -0.05) is 24.3 Å². The lowest BCUT2D eigenvalue weighted by atomic mass is 9.98. The molecule has 0 fully saturated rings. The Morgan fingerprint density at radius 2 is 1.71 bits per heavy atom. The van der Waals surface area contributed by atoms with Gasteiger partial charge >= 0.3 is 12.3 Å². The lowest BCUT2D eigenvalue weighted by Gasteiger charge is -2.15. The van der Waals surface area contributed by atoms with Gasteiger partial charge in [-0.25, -0.2) is 4.79 Å². The fraction of sp³-hybridized carbons (Fsp3) is 0.188. The molecule has 4 nitrogen and oxygen atoms in total. The molecule has 0 amide bonds. The molecular formula is C16H15ClF3NO3. The second-order valence-electron chi connectivity index (χ2n) is 4.71. The van der Waals surface area contributed by atoms with Crippen molar-refractivity contribution < 1.29 is 27.4 Å². The molecule has 0 aromatic heterocycles.